The van der Waals surface area contributed by atoms with Crippen molar-refractivity contribution >= 4 is 11.4 Å². The van der Waals surface area contributed by atoms with E-state index in [-0.39, 0.29) is 0 Å². The summed E-state index contributed by atoms with van der Waals surface area (Å²) in [5, 5.41) is 0. The van der Waals surface area contributed by atoms with Gasteiger partial charge in [-0.1, -0.05) is 0 Å². The minimum absolute atomic E-state index is 0.559. The molecule has 88 valence electrons. The summed E-state index contributed by atoms with van der Waals surface area (Å²) in [7, 11) is 4.30. The van der Waals surface area contributed by atoms with Crippen LogP contribution in [0.4, 0.5) is 11.4 Å². The molecule has 4 nitrogen and oxygen atoms in total. The predicted octanol–water partition coefficient (Wildman–Crippen LogP) is 1.19. The zero-order valence-corrected chi connectivity index (χ0v) is 10.1. The largest absolute Gasteiger partial charge is 0.396 e. The summed E-state index contributed by atoms with van der Waals surface area (Å²) in [6, 6.07) is 2.55. The summed E-state index contributed by atoms with van der Waals surface area (Å²) in [6.07, 6.45) is 6.02. The molecule has 1 aromatic rings. The van der Waals surface area contributed by atoms with Gasteiger partial charge in [-0.25, -0.2) is 0 Å². The van der Waals surface area contributed by atoms with Gasteiger partial charge in [0.1, 0.15) is 0 Å². The van der Waals surface area contributed by atoms with Gasteiger partial charge in [0.15, 0.2) is 0 Å². The smallest absolute Gasteiger partial charge is 0.0738 e. The molecule has 1 aliphatic rings. The number of pyridine rings is 1. The molecular formula is C12H20N4. The Bertz CT molecular complexity index is 353. The molecular weight excluding hydrogens is 200 g/mol. The number of aromatic nitrogens is 1. The Balaban J connectivity index is 2.12. The summed E-state index contributed by atoms with van der Waals surface area (Å²) in [4.78, 5) is 8.69. The van der Waals surface area contributed by atoms with Crippen LogP contribution in [0.3, 0.4) is 0 Å². The molecule has 1 atom stereocenters. The molecule has 1 unspecified atom stereocenters. The molecule has 1 aliphatic heterocycles. The second-order valence-corrected chi connectivity index (χ2v) is 4.60. The van der Waals surface area contributed by atoms with E-state index in [1.807, 2.05) is 6.07 Å². The summed E-state index contributed by atoms with van der Waals surface area (Å²) in [6.45, 7) is 2.31. The van der Waals surface area contributed by atoms with Gasteiger partial charge in [-0.3, -0.25) is 4.98 Å². The summed E-state index contributed by atoms with van der Waals surface area (Å²) in [5.74, 6) is 0. The van der Waals surface area contributed by atoms with Crippen molar-refractivity contribution in [3.8, 4) is 0 Å². The number of hydrogen-bond acceptors (Lipinski definition) is 4. The van der Waals surface area contributed by atoms with Crippen LogP contribution in [0.5, 0.6) is 0 Å². The average molecular weight is 220 g/mol. The topological polar surface area (TPSA) is 45.4 Å². The lowest BCUT2D eigenvalue weighted by atomic mass is 10.0. The Kier molecular flexibility index (Phi) is 3.29. The molecule has 0 saturated carbocycles. The van der Waals surface area contributed by atoms with Crippen molar-refractivity contribution < 1.29 is 0 Å². The van der Waals surface area contributed by atoms with Crippen LogP contribution in [0.25, 0.3) is 0 Å². The molecule has 1 aromatic heterocycles. The zero-order valence-electron chi connectivity index (χ0n) is 10.1. The van der Waals surface area contributed by atoms with Crippen LogP contribution in [0.1, 0.15) is 12.8 Å². The molecule has 0 amide bonds. The van der Waals surface area contributed by atoms with Crippen LogP contribution >= 0.6 is 0 Å². The average Bonchev–Trinajstić information content (AvgIpc) is 2.29. The first-order valence-corrected chi connectivity index (χ1v) is 5.79. The molecule has 1 fully saturated rings. The molecule has 0 aliphatic carbocycles. The monoisotopic (exact) mass is 220 g/mol. The molecule has 0 aromatic carbocycles. The van der Waals surface area contributed by atoms with Crippen LogP contribution in [0.2, 0.25) is 0 Å². The Morgan fingerprint density at radius 3 is 3.06 bits per heavy atom. The van der Waals surface area contributed by atoms with Gasteiger partial charge in [-0.15, -0.1) is 0 Å². The third-order valence-electron chi connectivity index (χ3n) is 3.36. The number of likely N-dealkylation sites (N-methyl/N-ethyl adjacent to an activating group) is 2. The Morgan fingerprint density at radius 1 is 1.56 bits per heavy atom. The fourth-order valence-electron chi connectivity index (χ4n) is 2.37. The van der Waals surface area contributed by atoms with Gasteiger partial charge in [-0.2, -0.15) is 0 Å². The number of hydrogen-bond donors (Lipinski definition) is 1. The maximum Gasteiger partial charge on any atom is 0.0738 e. The Hall–Kier alpha value is -1.29. The molecule has 0 radical (unpaired) electrons. The van der Waals surface area contributed by atoms with Gasteiger partial charge in [0.25, 0.3) is 0 Å². The highest BCUT2D eigenvalue weighted by Crippen LogP contribution is 2.25. The van der Waals surface area contributed by atoms with Crippen molar-refractivity contribution in [2.45, 2.75) is 18.9 Å². The number of rotatable bonds is 2. The zero-order chi connectivity index (χ0) is 11.5. The van der Waals surface area contributed by atoms with E-state index in [1.54, 1.807) is 12.4 Å². The molecule has 0 spiro atoms. The molecule has 0 bridgehead atoms. The molecule has 2 N–H and O–H groups in total. The number of likely N-dealkylation sites (tertiary alicyclic amines) is 1. The van der Waals surface area contributed by atoms with Crippen molar-refractivity contribution in [2.24, 2.45) is 0 Å². The first-order chi connectivity index (χ1) is 7.68. The van der Waals surface area contributed by atoms with E-state index in [1.165, 1.54) is 19.4 Å². The van der Waals surface area contributed by atoms with E-state index < -0.39 is 0 Å². The normalized spacial score (nSPS) is 22.0. The lowest BCUT2D eigenvalue weighted by Gasteiger charge is -2.37. The van der Waals surface area contributed by atoms with Crippen molar-refractivity contribution in [3.05, 3.63) is 18.5 Å². The van der Waals surface area contributed by atoms with E-state index in [2.05, 4.69) is 28.9 Å². The van der Waals surface area contributed by atoms with Gasteiger partial charge >= 0.3 is 0 Å². The number of piperidine rings is 1. The van der Waals surface area contributed by atoms with Crippen LogP contribution < -0.4 is 10.6 Å². The minimum Gasteiger partial charge on any atom is -0.396 e. The number of nitrogens with zero attached hydrogens (tertiary/aromatic N) is 3. The highest BCUT2D eigenvalue weighted by molar-refractivity contribution is 5.66. The Labute approximate surface area is 97.1 Å². The second-order valence-electron chi connectivity index (χ2n) is 4.60. The SMILES string of the molecule is CN1CCCC(N(C)c2ccncc2N)C1. The predicted molar refractivity (Wildman–Crippen MR) is 67.6 cm³/mol. The van der Waals surface area contributed by atoms with Gasteiger partial charge in [0.05, 0.1) is 17.6 Å². The van der Waals surface area contributed by atoms with Gasteiger partial charge < -0.3 is 15.5 Å². The van der Waals surface area contributed by atoms with Crippen LogP contribution in [0.15, 0.2) is 18.5 Å². The summed E-state index contributed by atoms with van der Waals surface area (Å²) < 4.78 is 0. The maximum atomic E-state index is 5.95. The summed E-state index contributed by atoms with van der Waals surface area (Å²) >= 11 is 0. The molecule has 16 heavy (non-hydrogen) atoms. The van der Waals surface area contributed by atoms with Crippen molar-refractivity contribution in [1.82, 2.24) is 9.88 Å². The lowest BCUT2D eigenvalue weighted by molar-refractivity contribution is 0.248. The summed E-state index contributed by atoms with van der Waals surface area (Å²) in [5.41, 5.74) is 7.80. The third kappa shape index (κ3) is 2.27. The first-order valence-electron chi connectivity index (χ1n) is 5.79. The molecule has 1 saturated heterocycles. The molecule has 2 rings (SSSR count). The number of nitrogens with two attached hydrogens (primary N) is 1. The minimum atomic E-state index is 0.559. The second kappa shape index (κ2) is 4.70. The van der Waals surface area contributed by atoms with E-state index in [0.29, 0.717) is 6.04 Å². The van der Waals surface area contributed by atoms with Crippen LogP contribution in [-0.4, -0.2) is 43.1 Å². The van der Waals surface area contributed by atoms with Gasteiger partial charge in [0.2, 0.25) is 0 Å². The van der Waals surface area contributed by atoms with Gasteiger partial charge in [0, 0.05) is 25.8 Å². The fraction of sp³-hybridized carbons (Fsp3) is 0.583. The van der Waals surface area contributed by atoms with Crippen LogP contribution in [-0.2, 0) is 0 Å². The standard InChI is InChI=1S/C12H20N4/c1-15-7-3-4-10(9-15)16(2)12-5-6-14-8-11(12)13/h5-6,8,10H,3-4,7,9,13H2,1-2H3. The van der Waals surface area contributed by atoms with Crippen molar-refractivity contribution in [1.29, 1.82) is 0 Å². The van der Waals surface area contributed by atoms with Gasteiger partial charge in [-0.05, 0) is 32.5 Å². The fourth-order valence-corrected chi connectivity index (χ4v) is 2.37. The maximum absolute atomic E-state index is 5.95. The highest BCUT2D eigenvalue weighted by Gasteiger charge is 2.22. The quantitative estimate of drug-likeness (QED) is 0.813. The van der Waals surface area contributed by atoms with E-state index >= 15 is 0 Å². The first kappa shape index (κ1) is 11.2. The Morgan fingerprint density at radius 2 is 2.38 bits per heavy atom. The third-order valence-corrected chi connectivity index (χ3v) is 3.36. The molecule has 4 heteroatoms. The number of anilines is 2. The highest BCUT2D eigenvalue weighted by atomic mass is 15.2. The van der Waals surface area contributed by atoms with Crippen molar-refractivity contribution in [2.75, 3.05) is 37.8 Å². The van der Waals surface area contributed by atoms with Crippen LogP contribution in [0, 0.1) is 0 Å². The van der Waals surface area contributed by atoms with E-state index in [0.717, 1.165) is 17.9 Å². The number of nitrogen functional groups attached to an aromatic ring is 1. The lowest BCUT2D eigenvalue weighted by Crippen LogP contribution is -2.45. The van der Waals surface area contributed by atoms with Crippen molar-refractivity contribution in [3.63, 3.8) is 0 Å². The van der Waals surface area contributed by atoms with E-state index in [4.69, 9.17) is 5.73 Å². The molecule has 2 heterocycles. The van der Waals surface area contributed by atoms with E-state index in [9.17, 15) is 0 Å².